The van der Waals surface area contributed by atoms with Crippen LogP contribution >= 0.6 is 0 Å². The van der Waals surface area contributed by atoms with Crippen LogP contribution in [0.25, 0.3) is 0 Å². The third-order valence-corrected chi connectivity index (χ3v) is 3.35. The summed E-state index contributed by atoms with van der Waals surface area (Å²) >= 11 is 0. The number of anilines is 1. The van der Waals surface area contributed by atoms with Gasteiger partial charge in [0.1, 0.15) is 0 Å². The summed E-state index contributed by atoms with van der Waals surface area (Å²) in [6.45, 7) is 5.04. The van der Waals surface area contributed by atoms with Gasteiger partial charge in [0.2, 0.25) is 0 Å². The Balaban J connectivity index is 2.10. The number of nitrogens with one attached hydrogen (secondary N) is 1. The van der Waals surface area contributed by atoms with E-state index in [4.69, 9.17) is 5.11 Å². The van der Waals surface area contributed by atoms with Crippen molar-refractivity contribution in [2.45, 2.75) is 25.8 Å². The van der Waals surface area contributed by atoms with Gasteiger partial charge in [0.25, 0.3) is 0 Å². The van der Waals surface area contributed by atoms with Gasteiger partial charge in [0, 0.05) is 31.4 Å². The highest BCUT2D eigenvalue weighted by Gasteiger charge is 2.19. The third-order valence-electron chi connectivity index (χ3n) is 3.35. The quantitative estimate of drug-likeness (QED) is 0.855. The van der Waals surface area contributed by atoms with E-state index in [-0.39, 0.29) is 0 Å². The molecule has 4 nitrogen and oxygen atoms in total. The van der Waals surface area contributed by atoms with E-state index in [0.717, 1.165) is 31.7 Å². The second-order valence-corrected chi connectivity index (χ2v) is 4.74. The van der Waals surface area contributed by atoms with Gasteiger partial charge in [0.15, 0.2) is 0 Å². The average molecular weight is 248 g/mol. The number of aromatic carboxylic acids is 1. The van der Waals surface area contributed by atoms with E-state index >= 15 is 0 Å². The highest BCUT2D eigenvalue weighted by molar-refractivity contribution is 5.88. The highest BCUT2D eigenvalue weighted by Crippen LogP contribution is 2.18. The molecule has 2 rings (SSSR count). The Morgan fingerprint density at radius 3 is 3.11 bits per heavy atom. The van der Waals surface area contributed by atoms with Crippen LogP contribution in [0.1, 0.15) is 30.1 Å². The lowest BCUT2D eigenvalue weighted by Gasteiger charge is -2.35. The van der Waals surface area contributed by atoms with Gasteiger partial charge < -0.3 is 15.3 Å². The number of hydrogen-bond donors (Lipinski definition) is 2. The van der Waals surface area contributed by atoms with E-state index in [1.54, 1.807) is 12.1 Å². The molecule has 1 aliphatic heterocycles. The Labute approximate surface area is 108 Å². The minimum Gasteiger partial charge on any atom is -0.478 e. The second-order valence-electron chi connectivity index (χ2n) is 4.74. The van der Waals surface area contributed by atoms with Crippen molar-refractivity contribution in [3.8, 4) is 0 Å². The zero-order valence-corrected chi connectivity index (χ0v) is 10.7. The summed E-state index contributed by atoms with van der Waals surface area (Å²) in [4.78, 5) is 13.2. The van der Waals surface area contributed by atoms with Crippen molar-refractivity contribution in [1.82, 2.24) is 5.32 Å². The maximum absolute atomic E-state index is 11.0. The van der Waals surface area contributed by atoms with Crippen LogP contribution in [-0.2, 0) is 0 Å². The fourth-order valence-corrected chi connectivity index (χ4v) is 2.44. The predicted octanol–water partition coefficient (Wildman–Crippen LogP) is 1.96. The molecule has 1 aromatic rings. The minimum atomic E-state index is -0.864. The molecule has 0 spiro atoms. The number of piperazine rings is 1. The summed E-state index contributed by atoms with van der Waals surface area (Å²) in [5, 5.41) is 12.5. The Morgan fingerprint density at radius 1 is 1.56 bits per heavy atom. The van der Waals surface area contributed by atoms with Gasteiger partial charge in [-0.2, -0.15) is 0 Å². The molecule has 1 unspecified atom stereocenters. The molecule has 1 heterocycles. The Morgan fingerprint density at radius 2 is 2.39 bits per heavy atom. The maximum Gasteiger partial charge on any atom is 0.335 e. The molecule has 0 bridgehead atoms. The summed E-state index contributed by atoms with van der Waals surface area (Å²) in [5.41, 5.74) is 1.37. The smallest absolute Gasteiger partial charge is 0.335 e. The van der Waals surface area contributed by atoms with Crippen molar-refractivity contribution in [3.63, 3.8) is 0 Å². The van der Waals surface area contributed by atoms with Gasteiger partial charge in [0.05, 0.1) is 5.56 Å². The van der Waals surface area contributed by atoms with Crippen LogP contribution in [0.3, 0.4) is 0 Å². The number of carboxylic acid groups (broad SMARTS) is 1. The summed E-state index contributed by atoms with van der Waals surface area (Å²) in [6, 6.07) is 7.71. The van der Waals surface area contributed by atoms with E-state index in [9.17, 15) is 4.79 Å². The van der Waals surface area contributed by atoms with Crippen molar-refractivity contribution in [2.24, 2.45) is 0 Å². The monoisotopic (exact) mass is 248 g/mol. The number of nitrogens with zero attached hydrogens (tertiary/aromatic N) is 1. The van der Waals surface area contributed by atoms with Crippen molar-refractivity contribution in [1.29, 1.82) is 0 Å². The summed E-state index contributed by atoms with van der Waals surface area (Å²) < 4.78 is 0. The molecule has 18 heavy (non-hydrogen) atoms. The fraction of sp³-hybridized carbons (Fsp3) is 0.500. The average Bonchev–Trinajstić information content (AvgIpc) is 2.39. The molecule has 1 fully saturated rings. The normalized spacial score (nSPS) is 19.8. The molecule has 1 aliphatic rings. The van der Waals surface area contributed by atoms with Crippen molar-refractivity contribution in [3.05, 3.63) is 29.8 Å². The first-order valence-electron chi connectivity index (χ1n) is 6.52. The van der Waals surface area contributed by atoms with E-state index in [1.165, 1.54) is 6.42 Å². The lowest BCUT2D eigenvalue weighted by Crippen LogP contribution is -2.50. The number of hydrogen-bond acceptors (Lipinski definition) is 3. The summed E-state index contributed by atoms with van der Waals surface area (Å²) in [7, 11) is 0. The second kappa shape index (κ2) is 5.87. The molecule has 2 N–H and O–H groups in total. The van der Waals surface area contributed by atoms with Crippen LogP contribution in [0.5, 0.6) is 0 Å². The van der Waals surface area contributed by atoms with Crippen LogP contribution in [0.15, 0.2) is 24.3 Å². The zero-order valence-electron chi connectivity index (χ0n) is 10.7. The number of carboxylic acids is 1. The van der Waals surface area contributed by atoms with Gasteiger partial charge in [-0.15, -0.1) is 0 Å². The third kappa shape index (κ3) is 3.01. The molecule has 4 heteroatoms. The first-order valence-corrected chi connectivity index (χ1v) is 6.52. The van der Waals surface area contributed by atoms with Gasteiger partial charge in [-0.3, -0.25) is 0 Å². The van der Waals surface area contributed by atoms with Crippen LogP contribution < -0.4 is 10.2 Å². The molecule has 1 atom stereocenters. The summed E-state index contributed by atoms with van der Waals surface area (Å²) in [6.07, 6.45) is 2.33. The van der Waals surface area contributed by atoms with Gasteiger partial charge in [-0.05, 0) is 24.6 Å². The van der Waals surface area contributed by atoms with Crippen molar-refractivity contribution in [2.75, 3.05) is 24.5 Å². The number of benzene rings is 1. The molecule has 0 radical (unpaired) electrons. The lowest BCUT2D eigenvalue weighted by molar-refractivity contribution is 0.0697. The molecule has 0 amide bonds. The Bertz CT molecular complexity index is 418. The van der Waals surface area contributed by atoms with Gasteiger partial charge in [-0.1, -0.05) is 19.4 Å². The zero-order chi connectivity index (χ0) is 13.0. The largest absolute Gasteiger partial charge is 0.478 e. The Kier molecular flexibility index (Phi) is 4.20. The molecule has 0 aliphatic carbocycles. The van der Waals surface area contributed by atoms with Crippen molar-refractivity contribution >= 4 is 11.7 Å². The number of rotatable bonds is 4. The van der Waals surface area contributed by atoms with Gasteiger partial charge in [-0.25, -0.2) is 4.79 Å². The number of carbonyl (C=O) groups is 1. The fourth-order valence-electron chi connectivity index (χ4n) is 2.44. The topological polar surface area (TPSA) is 52.6 Å². The molecule has 1 saturated heterocycles. The molecule has 0 saturated carbocycles. The van der Waals surface area contributed by atoms with Crippen LogP contribution in [0, 0.1) is 0 Å². The maximum atomic E-state index is 11.0. The predicted molar refractivity (Wildman–Crippen MR) is 72.3 cm³/mol. The summed E-state index contributed by atoms with van der Waals surface area (Å²) in [5.74, 6) is -0.864. The van der Waals surface area contributed by atoms with Crippen LogP contribution in [0.2, 0.25) is 0 Å². The minimum absolute atomic E-state index is 0.359. The molecule has 1 aromatic carbocycles. The first-order chi connectivity index (χ1) is 8.70. The highest BCUT2D eigenvalue weighted by atomic mass is 16.4. The van der Waals surface area contributed by atoms with E-state index in [1.807, 2.05) is 12.1 Å². The van der Waals surface area contributed by atoms with E-state index in [0.29, 0.717) is 11.6 Å². The van der Waals surface area contributed by atoms with E-state index in [2.05, 4.69) is 17.1 Å². The SMILES string of the molecule is CCCC1CN(c2cccc(C(=O)O)c2)CCN1. The molecular formula is C14H20N2O2. The molecule has 98 valence electrons. The molecule has 0 aromatic heterocycles. The molecular weight excluding hydrogens is 228 g/mol. The Hall–Kier alpha value is -1.55. The van der Waals surface area contributed by atoms with E-state index < -0.39 is 5.97 Å². The van der Waals surface area contributed by atoms with Crippen LogP contribution in [-0.4, -0.2) is 36.8 Å². The standard InChI is InChI=1S/C14H20N2O2/c1-2-4-12-10-16(8-7-15-12)13-6-3-5-11(9-13)14(17)18/h3,5-6,9,12,15H,2,4,7-8,10H2,1H3,(H,17,18). The van der Waals surface area contributed by atoms with Crippen molar-refractivity contribution < 1.29 is 9.90 Å². The van der Waals surface area contributed by atoms with Crippen LogP contribution in [0.4, 0.5) is 5.69 Å². The lowest BCUT2D eigenvalue weighted by atomic mass is 10.1. The van der Waals surface area contributed by atoms with Gasteiger partial charge >= 0.3 is 5.97 Å². The first kappa shape index (κ1) is 12.9.